The highest BCUT2D eigenvalue weighted by atomic mass is 32.1. The molecule has 4 rings (SSSR count). The normalized spacial score (nSPS) is 11.7. The first kappa shape index (κ1) is 19.1. The van der Waals surface area contributed by atoms with E-state index in [4.69, 9.17) is 0 Å². The summed E-state index contributed by atoms with van der Waals surface area (Å²) in [7, 11) is 0. The number of hydrogen-bond donors (Lipinski definition) is 1. The van der Waals surface area contributed by atoms with E-state index in [1.807, 2.05) is 0 Å². The van der Waals surface area contributed by atoms with Crippen LogP contribution in [-0.4, -0.2) is 31.8 Å². The molecule has 0 bridgehead atoms. The van der Waals surface area contributed by atoms with E-state index < -0.39 is 11.7 Å². The molecule has 0 saturated heterocycles. The molecule has 6 nitrogen and oxygen atoms in total. The number of alkyl halides is 3. The van der Waals surface area contributed by atoms with Crippen LogP contribution in [0.5, 0.6) is 0 Å². The third-order valence-corrected chi connectivity index (χ3v) is 5.07. The highest BCUT2D eigenvalue weighted by Gasteiger charge is 2.30. The van der Waals surface area contributed by atoms with Crippen molar-refractivity contribution in [2.24, 2.45) is 0 Å². The molecule has 3 heterocycles. The molecule has 0 atom stereocenters. The standard InChI is InChI=1S/C19H14F3N5OS/c20-19(21,22)13-3-1-12(2-4-13)15-10-27-16(11-29-18(27)26-15)17(28)25-6-5-14-9-23-7-8-24-14/h1-4,7-11H,5-6H2,(H,25,28). The number of rotatable bonds is 5. The van der Waals surface area contributed by atoms with Crippen molar-refractivity contribution in [2.45, 2.75) is 12.6 Å². The van der Waals surface area contributed by atoms with Gasteiger partial charge >= 0.3 is 6.18 Å². The molecule has 0 spiro atoms. The minimum atomic E-state index is -4.39. The van der Waals surface area contributed by atoms with Crippen molar-refractivity contribution in [1.82, 2.24) is 24.7 Å². The summed E-state index contributed by atoms with van der Waals surface area (Å²) in [5.41, 5.74) is 1.51. The second-order valence-corrected chi connectivity index (χ2v) is 7.01. The van der Waals surface area contributed by atoms with Crippen molar-refractivity contribution < 1.29 is 18.0 Å². The number of halogens is 3. The molecule has 1 amide bonds. The quantitative estimate of drug-likeness (QED) is 0.536. The first-order valence-corrected chi connectivity index (χ1v) is 9.47. The number of nitrogens with zero attached hydrogens (tertiary/aromatic N) is 4. The molecule has 148 valence electrons. The molecule has 0 radical (unpaired) electrons. The average molecular weight is 417 g/mol. The highest BCUT2D eigenvalue weighted by Crippen LogP contribution is 2.31. The number of imidazole rings is 1. The largest absolute Gasteiger partial charge is 0.416 e. The summed E-state index contributed by atoms with van der Waals surface area (Å²) in [6.07, 6.45) is 2.62. The lowest BCUT2D eigenvalue weighted by molar-refractivity contribution is -0.137. The van der Waals surface area contributed by atoms with Gasteiger partial charge in [-0.1, -0.05) is 12.1 Å². The fourth-order valence-corrected chi connectivity index (χ4v) is 3.62. The lowest BCUT2D eigenvalue weighted by Gasteiger charge is -2.06. The van der Waals surface area contributed by atoms with Crippen LogP contribution in [0.1, 0.15) is 21.7 Å². The zero-order valence-corrected chi connectivity index (χ0v) is 15.7. The Kier molecular flexibility index (Phi) is 5.01. The van der Waals surface area contributed by atoms with Crippen LogP contribution in [0, 0.1) is 0 Å². The molecule has 0 aliphatic heterocycles. The first-order valence-electron chi connectivity index (χ1n) is 8.59. The van der Waals surface area contributed by atoms with E-state index in [-0.39, 0.29) is 5.91 Å². The van der Waals surface area contributed by atoms with Crippen LogP contribution in [0.3, 0.4) is 0 Å². The van der Waals surface area contributed by atoms with Gasteiger partial charge in [-0.3, -0.25) is 19.2 Å². The molecular formula is C19H14F3N5OS. The summed E-state index contributed by atoms with van der Waals surface area (Å²) < 4.78 is 39.8. The molecule has 10 heteroatoms. The summed E-state index contributed by atoms with van der Waals surface area (Å²) in [5.74, 6) is -0.267. The Morgan fingerprint density at radius 3 is 2.66 bits per heavy atom. The number of amides is 1. The Labute approximate surface area is 167 Å². The van der Waals surface area contributed by atoms with Gasteiger partial charge < -0.3 is 5.32 Å². The predicted molar refractivity (Wildman–Crippen MR) is 102 cm³/mol. The summed E-state index contributed by atoms with van der Waals surface area (Å²) in [6.45, 7) is 0.398. The Hall–Kier alpha value is -3.27. The van der Waals surface area contributed by atoms with Crippen LogP contribution in [-0.2, 0) is 12.6 Å². The highest BCUT2D eigenvalue weighted by molar-refractivity contribution is 7.15. The molecule has 0 aliphatic rings. The molecule has 1 N–H and O–H groups in total. The Bertz CT molecular complexity index is 1140. The molecule has 0 fully saturated rings. The second-order valence-electron chi connectivity index (χ2n) is 6.18. The molecule has 29 heavy (non-hydrogen) atoms. The molecule has 4 aromatic rings. The number of aromatic nitrogens is 4. The van der Waals surface area contributed by atoms with Crippen LogP contribution in [0.4, 0.5) is 13.2 Å². The monoisotopic (exact) mass is 417 g/mol. The topological polar surface area (TPSA) is 72.2 Å². The summed E-state index contributed by atoms with van der Waals surface area (Å²) in [4.78, 5) is 25.6. The summed E-state index contributed by atoms with van der Waals surface area (Å²) >= 11 is 1.28. The van der Waals surface area contributed by atoms with E-state index in [9.17, 15) is 18.0 Å². The molecular weight excluding hydrogens is 403 g/mol. The SMILES string of the molecule is O=C(NCCc1cnccn1)c1csc2nc(-c3ccc(C(F)(F)F)cc3)cn12. The fraction of sp³-hybridized carbons (Fsp3) is 0.158. The minimum absolute atomic E-state index is 0.267. The number of carbonyl (C=O) groups is 1. The number of fused-ring (bicyclic) bond motifs is 1. The van der Waals surface area contributed by atoms with E-state index in [1.165, 1.54) is 23.5 Å². The maximum Gasteiger partial charge on any atom is 0.416 e. The molecule has 0 saturated carbocycles. The lowest BCUT2D eigenvalue weighted by atomic mass is 10.1. The van der Waals surface area contributed by atoms with Gasteiger partial charge in [-0.2, -0.15) is 13.2 Å². The van der Waals surface area contributed by atoms with Gasteiger partial charge in [0, 0.05) is 48.7 Å². The van der Waals surface area contributed by atoms with Crippen molar-refractivity contribution >= 4 is 22.2 Å². The van der Waals surface area contributed by atoms with E-state index >= 15 is 0 Å². The zero-order valence-electron chi connectivity index (χ0n) is 14.8. The molecule has 1 aromatic carbocycles. The van der Waals surface area contributed by atoms with Crippen molar-refractivity contribution in [3.05, 3.63) is 71.4 Å². The smallest absolute Gasteiger partial charge is 0.350 e. The van der Waals surface area contributed by atoms with Crippen molar-refractivity contribution in [2.75, 3.05) is 6.54 Å². The lowest BCUT2D eigenvalue weighted by Crippen LogP contribution is -2.26. The van der Waals surface area contributed by atoms with Crippen LogP contribution in [0.25, 0.3) is 16.2 Å². The number of carbonyl (C=O) groups excluding carboxylic acids is 1. The number of hydrogen-bond acceptors (Lipinski definition) is 5. The van der Waals surface area contributed by atoms with Gasteiger partial charge in [-0.25, -0.2) is 4.98 Å². The average Bonchev–Trinajstić information content (AvgIpc) is 3.29. The molecule has 0 unspecified atom stereocenters. The first-order chi connectivity index (χ1) is 13.9. The van der Waals surface area contributed by atoms with E-state index in [1.54, 1.807) is 34.6 Å². The van der Waals surface area contributed by atoms with Gasteiger partial charge in [-0.05, 0) is 12.1 Å². The second kappa shape index (κ2) is 7.63. The van der Waals surface area contributed by atoms with Crippen LogP contribution in [0.15, 0.2) is 54.4 Å². The summed E-state index contributed by atoms with van der Waals surface area (Å²) in [6, 6.07) is 4.78. The van der Waals surface area contributed by atoms with Crippen molar-refractivity contribution in [3.8, 4) is 11.3 Å². The van der Waals surface area contributed by atoms with Crippen LogP contribution < -0.4 is 5.32 Å². The molecule has 3 aromatic heterocycles. The minimum Gasteiger partial charge on any atom is -0.350 e. The summed E-state index contributed by atoms with van der Waals surface area (Å²) in [5, 5.41) is 4.52. The third kappa shape index (κ3) is 4.11. The van der Waals surface area contributed by atoms with Gasteiger partial charge in [0.1, 0.15) is 5.69 Å². The van der Waals surface area contributed by atoms with Crippen molar-refractivity contribution in [1.29, 1.82) is 0 Å². The van der Waals surface area contributed by atoms with E-state index in [2.05, 4.69) is 20.3 Å². The fourth-order valence-electron chi connectivity index (χ4n) is 2.77. The van der Waals surface area contributed by atoms with Gasteiger partial charge in [0.25, 0.3) is 5.91 Å². The number of benzene rings is 1. The van der Waals surface area contributed by atoms with E-state index in [0.717, 1.165) is 17.8 Å². The Morgan fingerprint density at radius 2 is 1.97 bits per heavy atom. The van der Waals surface area contributed by atoms with Crippen LogP contribution in [0.2, 0.25) is 0 Å². The number of nitrogens with one attached hydrogen (secondary N) is 1. The van der Waals surface area contributed by atoms with Crippen molar-refractivity contribution in [3.63, 3.8) is 0 Å². The van der Waals surface area contributed by atoms with Gasteiger partial charge in [0.05, 0.1) is 17.0 Å². The predicted octanol–water partition coefficient (Wildman–Crippen LogP) is 3.84. The third-order valence-electron chi connectivity index (χ3n) is 4.23. The van der Waals surface area contributed by atoms with Gasteiger partial charge in [0.15, 0.2) is 4.96 Å². The van der Waals surface area contributed by atoms with Gasteiger partial charge in [-0.15, -0.1) is 11.3 Å². The van der Waals surface area contributed by atoms with E-state index in [0.29, 0.717) is 34.9 Å². The number of thiazole rings is 1. The maximum atomic E-state index is 12.7. The van der Waals surface area contributed by atoms with Gasteiger partial charge in [0.2, 0.25) is 0 Å². The maximum absolute atomic E-state index is 12.7. The molecule has 0 aliphatic carbocycles. The Morgan fingerprint density at radius 1 is 1.17 bits per heavy atom. The zero-order chi connectivity index (χ0) is 20.4. The Balaban J connectivity index is 1.49. The van der Waals surface area contributed by atoms with Crippen LogP contribution >= 0.6 is 11.3 Å².